The van der Waals surface area contributed by atoms with E-state index in [4.69, 9.17) is 15.0 Å². The van der Waals surface area contributed by atoms with E-state index >= 15 is 0 Å². The number of benzene rings is 8. The lowest BCUT2D eigenvalue weighted by molar-refractivity contribution is 1.08. The van der Waals surface area contributed by atoms with Crippen LogP contribution >= 0.6 is 22.7 Å². The van der Waals surface area contributed by atoms with Gasteiger partial charge in [0.05, 0.1) is 0 Å². The maximum Gasteiger partial charge on any atom is 0.165 e. The van der Waals surface area contributed by atoms with Crippen molar-refractivity contribution in [2.45, 2.75) is 0 Å². The van der Waals surface area contributed by atoms with Crippen LogP contribution in [0.3, 0.4) is 0 Å². The van der Waals surface area contributed by atoms with E-state index in [0.29, 0.717) is 17.5 Å². The van der Waals surface area contributed by atoms with Crippen molar-refractivity contribution in [3.8, 4) is 67.5 Å². The molecule has 11 aromatic rings. The van der Waals surface area contributed by atoms with Crippen LogP contribution in [0.15, 0.2) is 188 Å². The highest BCUT2D eigenvalue weighted by molar-refractivity contribution is 7.26. The molecule has 0 atom stereocenters. The van der Waals surface area contributed by atoms with Gasteiger partial charge in [-0.05, 0) is 63.7 Å². The topological polar surface area (TPSA) is 38.7 Å². The monoisotopic (exact) mass is 749 g/mol. The van der Waals surface area contributed by atoms with E-state index in [1.165, 1.54) is 73.7 Å². The number of thiophene rings is 2. The van der Waals surface area contributed by atoms with Gasteiger partial charge in [-0.3, -0.25) is 0 Å². The summed E-state index contributed by atoms with van der Waals surface area (Å²) < 4.78 is 4.98. The predicted octanol–water partition coefficient (Wildman–Crippen LogP) is 14.6. The lowest BCUT2D eigenvalue weighted by Gasteiger charge is -2.12. The van der Waals surface area contributed by atoms with Crippen LogP contribution in [0.4, 0.5) is 0 Å². The Bertz CT molecular complexity index is 3170. The fourth-order valence-electron chi connectivity index (χ4n) is 7.90. The summed E-state index contributed by atoms with van der Waals surface area (Å²) in [6.07, 6.45) is 0. The zero-order valence-corrected chi connectivity index (χ0v) is 31.7. The first-order valence-electron chi connectivity index (χ1n) is 18.7. The number of hydrogen-bond donors (Lipinski definition) is 0. The van der Waals surface area contributed by atoms with E-state index in [1.54, 1.807) is 0 Å². The molecule has 5 heteroatoms. The maximum atomic E-state index is 5.12. The number of fused-ring (bicyclic) bond motifs is 6. The smallest absolute Gasteiger partial charge is 0.165 e. The van der Waals surface area contributed by atoms with Gasteiger partial charge in [-0.2, -0.15) is 0 Å². The Labute approximate surface area is 331 Å². The lowest BCUT2D eigenvalue weighted by Crippen LogP contribution is -2.00. The number of aromatic nitrogens is 3. The molecule has 3 heterocycles. The molecule has 0 fully saturated rings. The highest BCUT2D eigenvalue weighted by atomic mass is 32.1. The van der Waals surface area contributed by atoms with Crippen LogP contribution in [0.5, 0.6) is 0 Å². The van der Waals surface area contributed by atoms with Gasteiger partial charge in [-0.1, -0.05) is 158 Å². The fourth-order valence-corrected chi connectivity index (χ4v) is 10.3. The molecule has 3 aromatic heterocycles. The van der Waals surface area contributed by atoms with E-state index < -0.39 is 0 Å². The molecule has 0 spiro atoms. The molecular formula is C51H31N3S2. The molecule has 0 radical (unpaired) electrons. The minimum Gasteiger partial charge on any atom is -0.208 e. The molecular weight excluding hydrogens is 719 g/mol. The lowest BCUT2D eigenvalue weighted by atomic mass is 9.91. The van der Waals surface area contributed by atoms with Crippen molar-refractivity contribution in [3.63, 3.8) is 0 Å². The summed E-state index contributed by atoms with van der Waals surface area (Å²) in [7, 11) is 0. The quantitative estimate of drug-likeness (QED) is 0.170. The summed E-state index contributed by atoms with van der Waals surface area (Å²) in [5.74, 6) is 1.99. The summed E-state index contributed by atoms with van der Waals surface area (Å²) in [4.78, 5) is 15.2. The molecule has 0 saturated heterocycles. The van der Waals surface area contributed by atoms with E-state index in [-0.39, 0.29) is 0 Å². The second-order valence-electron chi connectivity index (χ2n) is 13.9. The van der Waals surface area contributed by atoms with Gasteiger partial charge in [0.15, 0.2) is 17.5 Å². The van der Waals surface area contributed by atoms with Crippen LogP contribution < -0.4 is 0 Å². The summed E-state index contributed by atoms with van der Waals surface area (Å²) in [5.41, 5.74) is 10.2. The second kappa shape index (κ2) is 13.5. The van der Waals surface area contributed by atoms with E-state index in [2.05, 4.69) is 152 Å². The minimum atomic E-state index is 0.661. The Kier molecular flexibility index (Phi) is 7.87. The zero-order chi connectivity index (χ0) is 37.0. The third kappa shape index (κ3) is 5.60. The molecule has 56 heavy (non-hydrogen) atoms. The van der Waals surface area contributed by atoms with Crippen LogP contribution in [-0.2, 0) is 0 Å². The van der Waals surface area contributed by atoms with Gasteiger partial charge in [-0.15, -0.1) is 22.7 Å². The van der Waals surface area contributed by atoms with Crippen molar-refractivity contribution in [1.29, 1.82) is 0 Å². The van der Waals surface area contributed by atoms with Gasteiger partial charge < -0.3 is 0 Å². The molecule has 11 rings (SSSR count). The van der Waals surface area contributed by atoms with Gasteiger partial charge in [-0.25, -0.2) is 15.0 Å². The Hall–Kier alpha value is -6.79. The molecule has 8 aromatic carbocycles. The predicted molar refractivity (Wildman–Crippen MR) is 238 cm³/mol. The second-order valence-corrected chi connectivity index (χ2v) is 16.1. The minimum absolute atomic E-state index is 0.661. The van der Waals surface area contributed by atoms with Gasteiger partial charge >= 0.3 is 0 Å². The van der Waals surface area contributed by atoms with Gasteiger partial charge in [0, 0.05) is 57.0 Å². The maximum absolute atomic E-state index is 5.12. The third-order valence-corrected chi connectivity index (χ3v) is 12.9. The Balaban J connectivity index is 1.13. The molecule has 0 aliphatic heterocycles. The summed E-state index contributed by atoms with van der Waals surface area (Å²) in [6.45, 7) is 0. The zero-order valence-electron chi connectivity index (χ0n) is 30.1. The van der Waals surface area contributed by atoms with Crippen LogP contribution in [-0.4, -0.2) is 15.0 Å². The average Bonchev–Trinajstić information content (AvgIpc) is 3.86. The van der Waals surface area contributed by atoms with Crippen LogP contribution in [0, 0.1) is 0 Å². The van der Waals surface area contributed by atoms with E-state index in [9.17, 15) is 0 Å². The molecule has 0 amide bonds. The Morgan fingerprint density at radius 1 is 0.286 bits per heavy atom. The normalized spacial score (nSPS) is 11.6. The van der Waals surface area contributed by atoms with Gasteiger partial charge in [0.1, 0.15) is 0 Å². The molecule has 0 N–H and O–H groups in total. The number of nitrogens with zero attached hydrogens (tertiary/aromatic N) is 3. The number of rotatable bonds is 6. The Morgan fingerprint density at radius 3 is 1.48 bits per heavy atom. The van der Waals surface area contributed by atoms with Crippen molar-refractivity contribution in [3.05, 3.63) is 188 Å². The third-order valence-electron chi connectivity index (χ3n) is 10.6. The van der Waals surface area contributed by atoms with E-state index in [0.717, 1.165) is 16.7 Å². The first kappa shape index (κ1) is 32.6. The van der Waals surface area contributed by atoms with Gasteiger partial charge in [0.25, 0.3) is 0 Å². The van der Waals surface area contributed by atoms with Crippen molar-refractivity contribution < 1.29 is 0 Å². The highest BCUT2D eigenvalue weighted by Gasteiger charge is 2.21. The number of hydrogen-bond acceptors (Lipinski definition) is 5. The first-order chi connectivity index (χ1) is 27.7. The van der Waals surface area contributed by atoms with Crippen molar-refractivity contribution in [1.82, 2.24) is 15.0 Å². The molecule has 0 aliphatic rings. The fraction of sp³-hybridized carbons (Fsp3) is 0. The summed E-state index contributed by atoms with van der Waals surface area (Å²) >= 11 is 3.68. The molecule has 3 nitrogen and oxygen atoms in total. The highest BCUT2D eigenvalue weighted by Crippen LogP contribution is 2.48. The average molecular weight is 750 g/mol. The summed E-state index contributed by atoms with van der Waals surface area (Å²) in [6, 6.07) is 66.8. The van der Waals surface area contributed by atoms with Crippen molar-refractivity contribution in [2.75, 3.05) is 0 Å². The van der Waals surface area contributed by atoms with Crippen LogP contribution in [0.2, 0.25) is 0 Å². The molecule has 0 aliphatic carbocycles. The molecule has 262 valence electrons. The van der Waals surface area contributed by atoms with Crippen LogP contribution in [0.1, 0.15) is 0 Å². The van der Waals surface area contributed by atoms with Crippen molar-refractivity contribution >= 4 is 63.0 Å². The Morgan fingerprint density at radius 2 is 0.786 bits per heavy atom. The largest absolute Gasteiger partial charge is 0.208 e. The molecule has 0 unspecified atom stereocenters. The molecule has 0 bridgehead atoms. The van der Waals surface area contributed by atoms with E-state index in [1.807, 2.05) is 59.1 Å². The summed E-state index contributed by atoms with van der Waals surface area (Å²) in [5, 5.41) is 5.04. The van der Waals surface area contributed by atoms with Gasteiger partial charge in [0.2, 0.25) is 0 Å². The standard InChI is InChI=1S/C51H31N3S2/c1-4-14-32(15-5-1)33-26-28-34(29-27-33)37-30-42(47-39-20-10-11-24-43(39)55-45(47)31-37)38-21-13-25-44-46(38)40-22-12-23-41(48(40)56-44)51-53-49(35-16-6-2-7-17-35)52-50(54-51)36-18-8-3-9-19-36/h1-31H. The first-order valence-corrected chi connectivity index (χ1v) is 20.3. The van der Waals surface area contributed by atoms with Crippen molar-refractivity contribution in [2.24, 2.45) is 0 Å². The van der Waals surface area contributed by atoms with Crippen LogP contribution in [0.25, 0.3) is 108 Å². The SMILES string of the molecule is c1ccc(-c2ccc(-c3cc(-c4cccc5sc6c(-c7nc(-c8ccccc8)nc(-c8ccccc8)n7)cccc6c45)c4c(c3)sc3ccccc34)cc2)cc1. The molecule has 0 saturated carbocycles.